The van der Waals surface area contributed by atoms with Crippen molar-refractivity contribution in [3.8, 4) is 0 Å². The van der Waals surface area contributed by atoms with Gasteiger partial charge in [-0.3, -0.25) is 13.9 Å². The van der Waals surface area contributed by atoms with Crippen LogP contribution in [0.1, 0.15) is 30.5 Å². The molecule has 3 rings (SSSR count). The Bertz CT molecular complexity index is 1500. The molecule has 41 heavy (non-hydrogen) atoms. The number of carbonyl (C=O) groups is 2. The minimum absolute atomic E-state index is 0.204. The maximum atomic E-state index is 13.8. The molecule has 0 aromatic heterocycles. The number of halogens is 5. The first kappa shape index (κ1) is 31.9. The van der Waals surface area contributed by atoms with Gasteiger partial charge >= 0.3 is 6.18 Å². The first-order valence-electron chi connectivity index (χ1n) is 12.4. The van der Waals surface area contributed by atoms with Gasteiger partial charge < -0.3 is 10.2 Å². The van der Waals surface area contributed by atoms with E-state index in [1.165, 1.54) is 43.3 Å². The molecule has 13 heteroatoms. The lowest BCUT2D eigenvalue weighted by Crippen LogP contribution is -2.51. The van der Waals surface area contributed by atoms with Crippen molar-refractivity contribution in [1.29, 1.82) is 0 Å². The highest BCUT2D eigenvalue weighted by molar-refractivity contribution is 7.92. The van der Waals surface area contributed by atoms with Crippen molar-refractivity contribution in [1.82, 2.24) is 10.2 Å². The second-order valence-electron chi connectivity index (χ2n) is 9.21. The van der Waals surface area contributed by atoms with Crippen LogP contribution < -0.4 is 9.62 Å². The van der Waals surface area contributed by atoms with Crippen molar-refractivity contribution >= 4 is 39.1 Å². The number of carbonyl (C=O) groups excluding carboxylic acids is 2. The fourth-order valence-electron chi connectivity index (χ4n) is 3.94. The average Bonchev–Trinajstić information content (AvgIpc) is 2.91. The topological polar surface area (TPSA) is 86.8 Å². The number of rotatable bonds is 10. The van der Waals surface area contributed by atoms with Gasteiger partial charge in [0.2, 0.25) is 11.8 Å². The molecule has 0 aliphatic rings. The monoisotopic (exact) mass is 613 g/mol. The van der Waals surface area contributed by atoms with E-state index >= 15 is 0 Å². The Morgan fingerprint density at radius 1 is 1.00 bits per heavy atom. The number of hydrogen-bond donors (Lipinski definition) is 1. The predicted molar refractivity (Wildman–Crippen MR) is 147 cm³/mol. The zero-order valence-corrected chi connectivity index (χ0v) is 23.9. The lowest BCUT2D eigenvalue weighted by molar-refractivity contribution is -0.139. The molecule has 0 aliphatic heterocycles. The lowest BCUT2D eigenvalue weighted by Gasteiger charge is -2.32. The molecule has 0 radical (unpaired) electrons. The van der Waals surface area contributed by atoms with Crippen LogP contribution in [0.15, 0.2) is 71.6 Å². The number of likely N-dealkylation sites (N-methyl/N-ethyl adjacent to an activating group) is 1. The molecular weight excluding hydrogens is 586 g/mol. The summed E-state index contributed by atoms with van der Waals surface area (Å²) in [5, 5.41) is 1.94. The Morgan fingerprint density at radius 3 is 2.17 bits per heavy atom. The first-order chi connectivity index (χ1) is 19.1. The van der Waals surface area contributed by atoms with Crippen LogP contribution in [0.4, 0.5) is 23.2 Å². The van der Waals surface area contributed by atoms with E-state index in [2.05, 4.69) is 5.32 Å². The molecule has 0 saturated carbocycles. The number of nitrogens with zero attached hydrogens (tertiary/aromatic N) is 2. The molecule has 1 atom stereocenters. The summed E-state index contributed by atoms with van der Waals surface area (Å²) in [6.45, 7) is 3.92. The van der Waals surface area contributed by atoms with Gasteiger partial charge in [0.25, 0.3) is 10.0 Å². The maximum Gasteiger partial charge on any atom is 0.417 e. The van der Waals surface area contributed by atoms with E-state index in [4.69, 9.17) is 11.6 Å². The summed E-state index contributed by atoms with van der Waals surface area (Å²) in [6, 6.07) is 12.1. The van der Waals surface area contributed by atoms with Crippen molar-refractivity contribution in [2.45, 2.75) is 44.4 Å². The number of alkyl halides is 3. The van der Waals surface area contributed by atoms with Crippen LogP contribution in [0.3, 0.4) is 0 Å². The minimum atomic E-state index is -4.90. The number of benzene rings is 3. The third-order valence-corrected chi connectivity index (χ3v) is 8.33. The third kappa shape index (κ3) is 7.76. The predicted octanol–water partition coefficient (Wildman–Crippen LogP) is 5.56. The average molecular weight is 614 g/mol. The molecule has 7 nitrogen and oxygen atoms in total. The Kier molecular flexibility index (Phi) is 10.0. The van der Waals surface area contributed by atoms with Gasteiger partial charge in [-0.05, 0) is 68.8 Å². The molecule has 1 N–H and O–H groups in total. The van der Waals surface area contributed by atoms with Crippen LogP contribution in [0.25, 0.3) is 0 Å². The van der Waals surface area contributed by atoms with E-state index in [1.807, 2.05) is 0 Å². The number of aryl methyl sites for hydroxylation is 1. The largest absolute Gasteiger partial charge is 0.417 e. The van der Waals surface area contributed by atoms with Crippen LogP contribution in [-0.4, -0.2) is 44.3 Å². The van der Waals surface area contributed by atoms with Crippen LogP contribution >= 0.6 is 11.6 Å². The smallest absolute Gasteiger partial charge is 0.355 e. The summed E-state index contributed by atoms with van der Waals surface area (Å²) in [6.07, 6.45) is -4.90. The molecule has 0 unspecified atom stereocenters. The molecule has 0 bridgehead atoms. The van der Waals surface area contributed by atoms with Gasteiger partial charge in [-0.1, -0.05) is 41.4 Å². The van der Waals surface area contributed by atoms with Crippen LogP contribution in [0.2, 0.25) is 5.02 Å². The minimum Gasteiger partial charge on any atom is -0.355 e. The fourth-order valence-corrected chi connectivity index (χ4v) is 5.57. The second kappa shape index (κ2) is 12.9. The maximum absolute atomic E-state index is 13.8. The summed E-state index contributed by atoms with van der Waals surface area (Å²) in [5.41, 5.74) is -0.566. The summed E-state index contributed by atoms with van der Waals surface area (Å²) in [5.74, 6) is -1.95. The summed E-state index contributed by atoms with van der Waals surface area (Å²) in [7, 11) is -4.58. The van der Waals surface area contributed by atoms with Gasteiger partial charge in [0.1, 0.15) is 18.4 Å². The van der Waals surface area contributed by atoms with Crippen molar-refractivity contribution in [3.63, 3.8) is 0 Å². The highest BCUT2D eigenvalue weighted by Gasteiger charge is 2.37. The van der Waals surface area contributed by atoms with E-state index < -0.39 is 62.7 Å². The fraction of sp³-hybridized carbons (Fsp3) is 0.286. The normalized spacial score (nSPS) is 12.5. The Labute approximate surface area is 240 Å². The lowest BCUT2D eigenvalue weighted by atomic mass is 10.1. The summed E-state index contributed by atoms with van der Waals surface area (Å²) < 4.78 is 82.6. The van der Waals surface area contributed by atoms with Gasteiger partial charge in [-0.25, -0.2) is 12.8 Å². The van der Waals surface area contributed by atoms with Gasteiger partial charge in [0, 0.05) is 13.1 Å². The van der Waals surface area contributed by atoms with Crippen LogP contribution in [0.5, 0.6) is 0 Å². The Hall–Kier alpha value is -3.64. The number of sulfonamides is 1. The quantitative estimate of drug-likeness (QED) is 0.304. The molecule has 0 heterocycles. The number of anilines is 1. The number of hydrogen-bond acceptors (Lipinski definition) is 4. The molecule has 0 saturated heterocycles. The van der Waals surface area contributed by atoms with Gasteiger partial charge in [0.05, 0.1) is 21.2 Å². The molecule has 0 spiro atoms. The standard InChI is InChI=1S/C28H28ClF4N3O4S/c1-4-34-27(38)19(3)35(16-20-7-9-21(30)10-8-20)26(37)17-36(41(39,40)23-12-5-18(2)6-13-23)22-11-14-25(29)24(15-22)28(31,32)33/h5-15,19H,4,16-17H2,1-3H3,(H,34,38)/t19-/m1/s1. The molecule has 3 aromatic rings. The third-order valence-electron chi connectivity index (χ3n) is 6.22. The van der Waals surface area contributed by atoms with Crippen LogP contribution in [0, 0.1) is 12.7 Å². The van der Waals surface area contributed by atoms with Crippen molar-refractivity contribution < 1.29 is 35.6 Å². The molecule has 0 fully saturated rings. The SMILES string of the molecule is CCNC(=O)[C@@H](C)N(Cc1ccc(F)cc1)C(=O)CN(c1ccc(Cl)c(C(F)(F)F)c1)S(=O)(=O)c1ccc(C)cc1. The van der Waals surface area contributed by atoms with Crippen molar-refractivity contribution in [2.24, 2.45) is 0 Å². The Morgan fingerprint density at radius 2 is 1.61 bits per heavy atom. The van der Waals surface area contributed by atoms with Gasteiger partial charge in [0.15, 0.2) is 0 Å². The number of amides is 2. The van der Waals surface area contributed by atoms with Crippen LogP contribution in [-0.2, 0) is 32.3 Å². The van der Waals surface area contributed by atoms with Gasteiger partial charge in [-0.2, -0.15) is 13.2 Å². The number of nitrogens with one attached hydrogen (secondary N) is 1. The van der Waals surface area contributed by atoms with E-state index in [0.717, 1.165) is 34.7 Å². The first-order valence-corrected chi connectivity index (χ1v) is 14.2. The van der Waals surface area contributed by atoms with Crippen molar-refractivity contribution in [3.05, 3.63) is 94.3 Å². The summed E-state index contributed by atoms with van der Waals surface area (Å²) in [4.78, 5) is 27.3. The highest BCUT2D eigenvalue weighted by Crippen LogP contribution is 2.38. The van der Waals surface area contributed by atoms with Gasteiger partial charge in [-0.15, -0.1) is 0 Å². The van der Waals surface area contributed by atoms with E-state index in [-0.39, 0.29) is 18.0 Å². The Balaban J connectivity index is 2.12. The molecule has 2 amide bonds. The zero-order chi connectivity index (χ0) is 30.5. The second-order valence-corrected chi connectivity index (χ2v) is 11.5. The van der Waals surface area contributed by atoms with E-state index in [1.54, 1.807) is 13.8 Å². The zero-order valence-electron chi connectivity index (χ0n) is 22.4. The van der Waals surface area contributed by atoms with E-state index in [0.29, 0.717) is 15.9 Å². The molecular formula is C28H28ClF4N3O4S. The highest BCUT2D eigenvalue weighted by atomic mass is 35.5. The molecule has 3 aromatic carbocycles. The summed E-state index contributed by atoms with van der Waals surface area (Å²) >= 11 is 5.76. The van der Waals surface area contributed by atoms with Crippen molar-refractivity contribution in [2.75, 3.05) is 17.4 Å². The molecule has 0 aliphatic carbocycles. The van der Waals surface area contributed by atoms with E-state index in [9.17, 15) is 35.6 Å². The molecule has 220 valence electrons.